The molecule has 0 saturated heterocycles. The number of rotatable bonds is 4. The predicted octanol–water partition coefficient (Wildman–Crippen LogP) is 0.828. The molecule has 0 radical (unpaired) electrons. The largest absolute Gasteiger partial charge is 0.330 e. The summed E-state index contributed by atoms with van der Waals surface area (Å²) < 4.78 is 2.10. The van der Waals surface area contributed by atoms with E-state index in [1.807, 2.05) is 18.5 Å². The third-order valence-corrected chi connectivity index (χ3v) is 2.25. The lowest BCUT2D eigenvalue weighted by Crippen LogP contribution is -2.10. The molecule has 0 unspecified atom stereocenters. The molecule has 2 heterocycles. The van der Waals surface area contributed by atoms with Gasteiger partial charge < -0.3 is 10.3 Å². The van der Waals surface area contributed by atoms with Crippen molar-refractivity contribution in [3.63, 3.8) is 0 Å². The molecule has 0 aliphatic carbocycles. The molecule has 4 nitrogen and oxygen atoms in total. The van der Waals surface area contributed by atoms with Gasteiger partial charge in [-0.05, 0) is 18.2 Å². The van der Waals surface area contributed by atoms with E-state index in [9.17, 15) is 0 Å². The van der Waals surface area contributed by atoms with Crippen LogP contribution < -0.4 is 5.73 Å². The van der Waals surface area contributed by atoms with Crippen molar-refractivity contribution in [2.75, 3.05) is 6.54 Å². The maximum atomic E-state index is 5.52. The summed E-state index contributed by atoms with van der Waals surface area (Å²) in [6.45, 7) is 1.44. The smallest absolute Gasteiger partial charge is 0.110 e. The molecule has 0 amide bonds. The van der Waals surface area contributed by atoms with Gasteiger partial charge in [0.05, 0.1) is 6.54 Å². The molecule has 4 heteroatoms. The van der Waals surface area contributed by atoms with Crippen molar-refractivity contribution >= 4 is 0 Å². The number of nitrogens with two attached hydrogens (primary N) is 1. The van der Waals surface area contributed by atoms with Crippen LogP contribution in [0.25, 0.3) is 0 Å². The van der Waals surface area contributed by atoms with E-state index >= 15 is 0 Å². The SMILES string of the molecule is NCCc1nccn1Cc1cccnc1. The molecule has 15 heavy (non-hydrogen) atoms. The summed E-state index contributed by atoms with van der Waals surface area (Å²) in [4.78, 5) is 8.35. The Morgan fingerprint density at radius 1 is 1.33 bits per heavy atom. The monoisotopic (exact) mass is 202 g/mol. The average molecular weight is 202 g/mol. The summed E-state index contributed by atoms with van der Waals surface area (Å²) in [6, 6.07) is 3.99. The summed E-state index contributed by atoms with van der Waals surface area (Å²) in [7, 11) is 0. The van der Waals surface area contributed by atoms with Crippen LogP contribution in [0.4, 0.5) is 0 Å². The van der Waals surface area contributed by atoms with E-state index in [-0.39, 0.29) is 0 Å². The molecule has 0 atom stereocenters. The van der Waals surface area contributed by atoms with Crippen LogP contribution in [0.1, 0.15) is 11.4 Å². The molecular weight excluding hydrogens is 188 g/mol. The van der Waals surface area contributed by atoms with Gasteiger partial charge >= 0.3 is 0 Å². The van der Waals surface area contributed by atoms with Gasteiger partial charge in [-0.15, -0.1) is 0 Å². The molecular formula is C11H14N4. The van der Waals surface area contributed by atoms with Crippen molar-refractivity contribution < 1.29 is 0 Å². The van der Waals surface area contributed by atoms with Crippen molar-refractivity contribution in [3.8, 4) is 0 Å². The molecule has 2 rings (SSSR count). The minimum atomic E-state index is 0.629. The Hall–Kier alpha value is -1.68. The number of nitrogens with zero attached hydrogens (tertiary/aromatic N) is 3. The highest BCUT2D eigenvalue weighted by molar-refractivity contribution is 5.10. The maximum Gasteiger partial charge on any atom is 0.110 e. The van der Waals surface area contributed by atoms with Gasteiger partial charge in [0.25, 0.3) is 0 Å². The topological polar surface area (TPSA) is 56.7 Å². The first kappa shape index (κ1) is 9.86. The molecule has 2 N–H and O–H groups in total. The zero-order valence-electron chi connectivity index (χ0n) is 8.50. The van der Waals surface area contributed by atoms with Gasteiger partial charge in [-0.3, -0.25) is 4.98 Å². The van der Waals surface area contributed by atoms with Crippen molar-refractivity contribution in [2.24, 2.45) is 5.73 Å². The molecule has 0 aliphatic heterocycles. The van der Waals surface area contributed by atoms with E-state index in [0.717, 1.165) is 18.8 Å². The second kappa shape index (κ2) is 4.70. The second-order valence-electron chi connectivity index (χ2n) is 3.37. The van der Waals surface area contributed by atoms with E-state index in [4.69, 9.17) is 5.73 Å². The Morgan fingerprint density at radius 3 is 3.00 bits per heavy atom. The van der Waals surface area contributed by atoms with E-state index < -0.39 is 0 Å². The first-order valence-corrected chi connectivity index (χ1v) is 4.99. The fourth-order valence-corrected chi connectivity index (χ4v) is 1.53. The van der Waals surface area contributed by atoms with E-state index in [0.29, 0.717) is 6.54 Å². The Balaban J connectivity index is 2.14. The van der Waals surface area contributed by atoms with Crippen molar-refractivity contribution in [1.29, 1.82) is 0 Å². The molecule has 2 aromatic rings. The van der Waals surface area contributed by atoms with Crippen LogP contribution in [0.5, 0.6) is 0 Å². The van der Waals surface area contributed by atoms with Gasteiger partial charge in [0.1, 0.15) is 5.82 Å². The highest BCUT2D eigenvalue weighted by Gasteiger charge is 2.01. The Labute approximate surface area is 88.8 Å². The average Bonchev–Trinajstić information content (AvgIpc) is 2.68. The fraction of sp³-hybridized carbons (Fsp3) is 0.273. The van der Waals surface area contributed by atoms with E-state index in [1.165, 1.54) is 5.56 Å². The first-order chi connectivity index (χ1) is 7.40. The Morgan fingerprint density at radius 2 is 2.27 bits per heavy atom. The molecule has 0 aromatic carbocycles. The van der Waals surface area contributed by atoms with E-state index in [2.05, 4.69) is 20.6 Å². The lowest BCUT2D eigenvalue weighted by Gasteiger charge is -2.06. The lowest BCUT2D eigenvalue weighted by atomic mass is 10.3. The first-order valence-electron chi connectivity index (χ1n) is 4.99. The van der Waals surface area contributed by atoms with Crippen LogP contribution in [0.15, 0.2) is 36.9 Å². The van der Waals surface area contributed by atoms with Crippen LogP contribution in [-0.4, -0.2) is 21.1 Å². The Kier molecular flexibility index (Phi) is 3.09. The summed E-state index contributed by atoms with van der Waals surface area (Å²) >= 11 is 0. The zero-order chi connectivity index (χ0) is 10.5. The van der Waals surface area contributed by atoms with Crippen molar-refractivity contribution in [3.05, 3.63) is 48.3 Å². The molecule has 78 valence electrons. The zero-order valence-corrected chi connectivity index (χ0v) is 8.50. The standard InChI is InChI=1S/C11H14N4/c12-4-3-11-14-6-7-15(11)9-10-2-1-5-13-8-10/h1-2,5-8H,3-4,9,12H2. The summed E-state index contributed by atoms with van der Waals surface area (Å²) in [5, 5.41) is 0. The van der Waals surface area contributed by atoms with Crippen LogP contribution >= 0.6 is 0 Å². The normalized spacial score (nSPS) is 10.5. The number of imidazole rings is 1. The molecule has 2 aromatic heterocycles. The van der Waals surface area contributed by atoms with Gasteiger partial charge in [0, 0.05) is 31.2 Å². The maximum absolute atomic E-state index is 5.52. The van der Waals surface area contributed by atoms with Gasteiger partial charge in [0.2, 0.25) is 0 Å². The third kappa shape index (κ3) is 2.41. The van der Waals surface area contributed by atoms with Crippen molar-refractivity contribution in [2.45, 2.75) is 13.0 Å². The summed E-state index contributed by atoms with van der Waals surface area (Å²) in [6.07, 6.45) is 8.23. The highest BCUT2D eigenvalue weighted by atomic mass is 15.1. The number of hydrogen-bond acceptors (Lipinski definition) is 3. The quantitative estimate of drug-likeness (QED) is 0.798. The summed E-state index contributed by atoms with van der Waals surface area (Å²) in [5.41, 5.74) is 6.69. The molecule has 0 fully saturated rings. The van der Waals surface area contributed by atoms with Gasteiger partial charge in [-0.25, -0.2) is 4.98 Å². The van der Waals surface area contributed by atoms with E-state index in [1.54, 1.807) is 12.4 Å². The minimum Gasteiger partial charge on any atom is -0.330 e. The molecule has 0 spiro atoms. The van der Waals surface area contributed by atoms with Crippen molar-refractivity contribution in [1.82, 2.24) is 14.5 Å². The number of hydrogen-bond donors (Lipinski definition) is 1. The van der Waals surface area contributed by atoms with Gasteiger partial charge in [-0.2, -0.15) is 0 Å². The van der Waals surface area contributed by atoms with Gasteiger partial charge in [-0.1, -0.05) is 6.07 Å². The third-order valence-electron chi connectivity index (χ3n) is 2.25. The van der Waals surface area contributed by atoms with Crippen LogP contribution in [-0.2, 0) is 13.0 Å². The predicted molar refractivity (Wildman–Crippen MR) is 58.3 cm³/mol. The minimum absolute atomic E-state index is 0.629. The molecule has 0 aliphatic rings. The van der Waals surface area contributed by atoms with Gasteiger partial charge in [0.15, 0.2) is 0 Å². The second-order valence-corrected chi connectivity index (χ2v) is 3.37. The Bertz CT molecular complexity index is 408. The summed E-state index contributed by atoms with van der Waals surface area (Å²) in [5.74, 6) is 1.03. The molecule has 0 saturated carbocycles. The highest BCUT2D eigenvalue weighted by Crippen LogP contribution is 2.04. The molecule has 0 bridgehead atoms. The fourth-order valence-electron chi connectivity index (χ4n) is 1.53. The van der Waals surface area contributed by atoms with Crippen LogP contribution in [0.2, 0.25) is 0 Å². The number of pyridine rings is 1. The number of aromatic nitrogens is 3. The van der Waals surface area contributed by atoms with Crippen LogP contribution in [0.3, 0.4) is 0 Å². The van der Waals surface area contributed by atoms with Crippen LogP contribution in [0, 0.1) is 0 Å². The lowest BCUT2D eigenvalue weighted by molar-refractivity contribution is 0.714.